The molecule has 0 radical (unpaired) electrons. The predicted molar refractivity (Wildman–Crippen MR) is 94.4 cm³/mol. The number of aromatic amines is 2. The number of nitro groups is 1. The summed E-state index contributed by atoms with van der Waals surface area (Å²) in [5.74, 6) is -0.415. The first-order valence-electron chi connectivity index (χ1n) is 7.48. The van der Waals surface area contributed by atoms with Crippen molar-refractivity contribution in [2.24, 2.45) is 0 Å². The summed E-state index contributed by atoms with van der Waals surface area (Å²) in [6, 6.07) is 9.26. The minimum Gasteiger partial charge on any atom is -0.478 e. The lowest BCUT2D eigenvalue weighted by molar-refractivity contribution is -0.386. The van der Waals surface area contributed by atoms with Crippen LogP contribution in [0, 0.1) is 10.1 Å². The van der Waals surface area contributed by atoms with Crippen LogP contribution in [-0.4, -0.2) is 26.0 Å². The topological polar surface area (TPSA) is 159 Å². The molecule has 0 spiro atoms. The molecule has 0 aliphatic carbocycles. The number of carbonyl (C=O) groups is 1. The molecule has 0 fully saturated rings. The summed E-state index contributed by atoms with van der Waals surface area (Å²) in [6.07, 6.45) is 2.51. The van der Waals surface area contributed by atoms with Crippen molar-refractivity contribution in [1.82, 2.24) is 9.97 Å². The standard InChI is InChI=1S/C17H11N3O7/c21-15-14(20(25)26)12(18-17(24)19-15)6-4-11-5-7-13(27-11)9-2-1-3-10(8-9)16(22)23/h1-8H,(H,22,23)(H2,18,19,21,24). The summed E-state index contributed by atoms with van der Waals surface area (Å²) in [6.45, 7) is 0. The lowest BCUT2D eigenvalue weighted by Crippen LogP contribution is -2.25. The largest absolute Gasteiger partial charge is 0.478 e. The summed E-state index contributed by atoms with van der Waals surface area (Å²) in [5.41, 5.74) is -2.45. The van der Waals surface area contributed by atoms with Crippen LogP contribution in [0.3, 0.4) is 0 Å². The van der Waals surface area contributed by atoms with Gasteiger partial charge in [-0.25, -0.2) is 9.59 Å². The smallest absolute Gasteiger partial charge is 0.357 e. The molecule has 3 rings (SSSR count). The van der Waals surface area contributed by atoms with Crippen LogP contribution in [-0.2, 0) is 0 Å². The zero-order chi connectivity index (χ0) is 19.6. The van der Waals surface area contributed by atoms with Crippen LogP contribution in [0.4, 0.5) is 5.69 Å². The van der Waals surface area contributed by atoms with Crippen molar-refractivity contribution in [3.63, 3.8) is 0 Å². The maximum atomic E-state index is 11.6. The van der Waals surface area contributed by atoms with Crippen LogP contribution in [0.1, 0.15) is 21.8 Å². The number of aromatic carboxylic acids is 1. The molecule has 0 aliphatic heterocycles. The minimum absolute atomic E-state index is 0.0951. The molecule has 0 saturated carbocycles. The second-order valence-corrected chi connectivity index (χ2v) is 5.35. The number of hydrogen-bond acceptors (Lipinski definition) is 6. The lowest BCUT2D eigenvalue weighted by atomic mass is 10.1. The number of nitrogens with zero attached hydrogens (tertiary/aromatic N) is 1. The SMILES string of the molecule is O=C(O)c1cccc(-c2ccc(C=Cc3[nH]c(=O)[nH]c(=O)c3[N+](=O)[O-])o2)c1. The number of carboxylic acid groups (broad SMARTS) is 1. The zero-order valence-corrected chi connectivity index (χ0v) is 13.5. The summed E-state index contributed by atoms with van der Waals surface area (Å²) in [5, 5.41) is 20.0. The maximum absolute atomic E-state index is 11.6. The first-order chi connectivity index (χ1) is 12.8. The molecule has 1 aromatic carbocycles. The third kappa shape index (κ3) is 3.74. The van der Waals surface area contributed by atoms with E-state index in [1.807, 2.05) is 0 Å². The Morgan fingerprint density at radius 1 is 1.15 bits per heavy atom. The van der Waals surface area contributed by atoms with Crippen molar-refractivity contribution < 1.29 is 19.2 Å². The zero-order valence-electron chi connectivity index (χ0n) is 13.5. The first-order valence-corrected chi connectivity index (χ1v) is 7.48. The van der Waals surface area contributed by atoms with E-state index >= 15 is 0 Å². The van der Waals surface area contributed by atoms with E-state index in [2.05, 4.69) is 4.98 Å². The van der Waals surface area contributed by atoms with E-state index in [9.17, 15) is 24.5 Å². The Kier molecular flexibility index (Phi) is 4.54. The fraction of sp³-hybridized carbons (Fsp3) is 0. The molecule has 0 unspecified atom stereocenters. The van der Waals surface area contributed by atoms with Gasteiger partial charge in [-0.05, 0) is 36.4 Å². The number of hydrogen-bond donors (Lipinski definition) is 3. The Morgan fingerprint density at radius 2 is 1.93 bits per heavy atom. The molecule has 136 valence electrons. The highest BCUT2D eigenvalue weighted by atomic mass is 16.6. The fourth-order valence-corrected chi connectivity index (χ4v) is 2.37. The molecule has 0 amide bonds. The number of furan rings is 1. The normalized spacial score (nSPS) is 11.0. The van der Waals surface area contributed by atoms with E-state index in [1.54, 1.807) is 29.2 Å². The van der Waals surface area contributed by atoms with Crippen molar-refractivity contribution >= 4 is 23.8 Å². The summed E-state index contributed by atoms with van der Waals surface area (Å²) >= 11 is 0. The minimum atomic E-state index is -1.12. The third-order valence-electron chi connectivity index (χ3n) is 3.56. The van der Waals surface area contributed by atoms with Crippen LogP contribution in [0.2, 0.25) is 0 Å². The van der Waals surface area contributed by atoms with Crippen LogP contribution in [0.5, 0.6) is 0 Å². The van der Waals surface area contributed by atoms with E-state index in [0.29, 0.717) is 11.3 Å². The summed E-state index contributed by atoms with van der Waals surface area (Å²) in [7, 11) is 0. The van der Waals surface area contributed by atoms with Crippen LogP contribution in [0.25, 0.3) is 23.5 Å². The number of H-pyrrole nitrogens is 2. The van der Waals surface area contributed by atoms with Gasteiger partial charge in [0.1, 0.15) is 17.2 Å². The van der Waals surface area contributed by atoms with Crippen LogP contribution in [0.15, 0.2) is 50.4 Å². The molecule has 27 heavy (non-hydrogen) atoms. The molecule has 3 aromatic rings. The summed E-state index contributed by atoms with van der Waals surface area (Å²) in [4.78, 5) is 48.0. The average molecular weight is 369 g/mol. The van der Waals surface area contributed by atoms with Crippen molar-refractivity contribution in [3.05, 3.63) is 84.4 Å². The average Bonchev–Trinajstić information content (AvgIpc) is 3.08. The molecule has 0 bridgehead atoms. The van der Waals surface area contributed by atoms with E-state index < -0.39 is 27.8 Å². The second-order valence-electron chi connectivity index (χ2n) is 5.35. The molecule has 2 heterocycles. The molecule has 10 nitrogen and oxygen atoms in total. The number of nitrogens with one attached hydrogen (secondary N) is 2. The van der Waals surface area contributed by atoms with Crippen molar-refractivity contribution in [2.45, 2.75) is 0 Å². The molecule has 10 heteroatoms. The van der Waals surface area contributed by atoms with Gasteiger partial charge in [0.25, 0.3) is 0 Å². The van der Waals surface area contributed by atoms with Gasteiger partial charge < -0.3 is 14.5 Å². The molecule has 0 atom stereocenters. The highest BCUT2D eigenvalue weighted by molar-refractivity contribution is 5.89. The number of carboxylic acids is 1. The Bertz CT molecular complexity index is 1180. The third-order valence-corrected chi connectivity index (χ3v) is 3.56. The Morgan fingerprint density at radius 3 is 2.63 bits per heavy atom. The Balaban J connectivity index is 1.94. The van der Waals surface area contributed by atoms with Gasteiger partial charge in [0.2, 0.25) is 0 Å². The van der Waals surface area contributed by atoms with Crippen molar-refractivity contribution in [3.8, 4) is 11.3 Å². The molecule has 2 aromatic heterocycles. The lowest BCUT2D eigenvalue weighted by Gasteiger charge is -1.99. The van der Waals surface area contributed by atoms with Crippen molar-refractivity contribution in [2.75, 3.05) is 0 Å². The van der Waals surface area contributed by atoms with Gasteiger partial charge in [0.05, 0.1) is 10.5 Å². The van der Waals surface area contributed by atoms with Gasteiger partial charge in [-0.3, -0.25) is 19.9 Å². The second kappa shape index (κ2) is 6.96. The van der Waals surface area contributed by atoms with Gasteiger partial charge in [-0.2, -0.15) is 0 Å². The van der Waals surface area contributed by atoms with Gasteiger partial charge in [-0.1, -0.05) is 12.1 Å². The van der Waals surface area contributed by atoms with Gasteiger partial charge in [0, 0.05) is 5.56 Å². The molecule has 0 aliphatic rings. The van der Waals surface area contributed by atoms with Crippen LogP contribution >= 0.6 is 0 Å². The maximum Gasteiger partial charge on any atom is 0.357 e. The van der Waals surface area contributed by atoms with Gasteiger partial charge in [-0.15, -0.1) is 0 Å². The highest BCUT2D eigenvalue weighted by Gasteiger charge is 2.19. The predicted octanol–water partition coefficient (Wildman–Crippen LogP) is 2.10. The van der Waals surface area contributed by atoms with Gasteiger partial charge >= 0.3 is 22.9 Å². The number of benzene rings is 1. The van der Waals surface area contributed by atoms with Crippen LogP contribution < -0.4 is 11.2 Å². The Hall–Kier alpha value is -4.21. The van der Waals surface area contributed by atoms with E-state index in [0.717, 1.165) is 0 Å². The number of rotatable bonds is 5. The van der Waals surface area contributed by atoms with Gasteiger partial charge in [0.15, 0.2) is 0 Å². The first kappa shape index (κ1) is 17.6. The van der Waals surface area contributed by atoms with E-state index in [1.165, 1.54) is 24.3 Å². The van der Waals surface area contributed by atoms with E-state index in [4.69, 9.17) is 9.52 Å². The molecular formula is C17H11N3O7. The monoisotopic (exact) mass is 369 g/mol. The fourth-order valence-electron chi connectivity index (χ4n) is 2.37. The molecule has 3 N–H and O–H groups in total. The molecular weight excluding hydrogens is 358 g/mol. The Labute approximate surface area is 149 Å². The molecule has 0 saturated heterocycles. The highest BCUT2D eigenvalue weighted by Crippen LogP contribution is 2.24. The van der Waals surface area contributed by atoms with Crippen molar-refractivity contribution in [1.29, 1.82) is 0 Å². The quantitative estimate of drug-likeness (QED) is 0.458. The van der Waals surface area contributed by atoms with E-state index in [-0.39, 0.29) is 17.0 Å². The number of aromatic nitrogens is 2. The summed E-state index contributed by atoms with van der Waals surface area (Å²) < 4.78 is 5.56.